The molecular formula is CH3O6P. The molecule has 1 aliphatic rings. The summed E-state index contributed by atoms with van der Waals surface area (Å²) in [6.07, 6.45) is 0. The van der Waals surface area contributed by atoms with Crippen molar-refractivity contribution in [3.8, 4) is 0 Å². The Kier molecular flexibility index (Phi) is 0.863. The molecule has 1 fully saturated rings. The van der Waals surface area contributed by atoms with Crippen LogP contribution in [0.2, 0.25) is 0 Å². The first-order valence-corrected chi connectivity index (χ1v) is 3.48. The van der Waals surface area contributed by atoms with Crippen LogP contribution in [0.4, 0.5) is 0 Å². The van der Waals surface area contributed by atoms with Crippen LogP contribution in [0.25, 0.3) is 0 Å². The summed E-state index contributed by atoms with van der Waals surface area (Å²) >= 11 is 0. The van der Waals surface area contributed by atoms with Crippen molar-refractivity contribution >= 4 is 14.2 Å². The number of hydrogen-bond donors (Lipinski definition) is 2. The molecule has 48 valence electrons. The third kappa shape index (κ3) is 0.936. The molecule has 0 aromatic carbocycles. The summed E-state index contributed by atoms with van der Waals surface area (Å²) in [5, 5.41) is 0. The summed E-state index contributed by atoms with van der Waals surface area (Å²) in [6.45, 7) is -0.162. The van der Waals surface area contributed by atoms with Crippen LogP contribution < -0.4 is 0 Å². The van der Waals surface area contributed by atoms with Gasteiger partial charge in [-0.15, -0.1) is 0 Å². The van der Waals surface area contributed by atoms with Crippen molar-refractivity contribution in [2.45, 2.75) is 0 Å². The first kappa shape index (κ1) is 5.87. The van der Waals surface area contributed by atoms with Gasteiger partial charge in [0.05, 0.1) is 0 Å². The van der Waals surface area contributed by atoms with Crippen LogP contribution in [-0.4, -0.2) is 16.3 Å². The second-order valence-electron chi connectivity index (χ2n) is 1.15. The Morgan fingerprint density at radius 1 is 1.50 bits per heavy atom. The summed E-state index contributed by atoms with van der Waals surface area (Å²) < 4.78 is 10.9. The zero-order chi connectivity index (χ0) is 6.28. The van der Waals surface area contributed by atoms with Gasteiger partial charge in [-0.3, -0.25) is 0 Å². The number of carbonyl (C=O) groups is 1. The first-order valence-electron chi connectivity index (χ1n) is 1.59. The minimum absolute atomic E-state index is 0.162. The van der Waals surface area contributed by atoms with Gasteiger partial charge in [0.2, 0.25) is 0 Å². The third-order valence-electron chi connectivity index (χ3n) is 0.492. The van der Waals surface area contributed by atoms with E-state index in [2.05, 4.69) is 13.9 Å². The van der Waals surface area contributed by atoms with Gasteiger partial charge < -0.3 is 0 Å². The third-order valence-corrected chi connectivity index (χ3v) is 1.48. The van der Waals surface area contributed by atoms with Crippen molar-refractivity contribution in [3.05, 3.63) is 0 Å². The molecule has 0 aromatic heterocycles. The van der Waals surface area contributed by atoms with E-state index in [4.69, 9.17) is 9.79 Å². The van der Waals surface area contributed by atoms with Crippen molar-refractivity contribution in [3.63, 3.8) is 0 Å². The van der Waals surface area contributed by atoms with Crippen molar-refractivity contribution in [1.82, 2.24) is 0 Å². The fourth-order valence-corrected chi connectivity index (χ4v) is 0.717. The maximum absolute atomic E-state index is 9.40. The second kappa shape index (κ2) is 1.18. The standard InChI is InChI=1S/CH3O6P/c2-1-5-8(3,4)6-7-8/h1,3-4H. The monoisotopic (exact) mass is 142 g/mol. The molecule has 1 heterocycles. The van der Waals surface area contributed by atoms with E-state index in [-0.39, 0.29) is 6.47 Å². The summed E-state index contributed by atoms with van der Waals surface area (Å²) in [6, 6.07) is 0. The molecule has 0 aromatic rings. The van der Waals surface area contributed by atoms with E-state index < -0.39 is 7.74 Å². The topological polar surface area (TPSA) is 91.8 Å². The van der Waals surface area contributed by atoms with Gasteiger partial charge in [-0.1, -0.05) is 0 Å². The maximum atomic E-state index is 9.40. The van der Waals surface area contributed by atoms with Crippen LogP contribution in [0.5, 0.6) is 0 Å². The molecule has 1 rings (SSSR count). The van der Waals surface area contributed by atoms with E-state index in [0.29, 0.717) is 0 Å². The Morgan fingerprint density at radius 2 is 2.00 bits per heavy atom. The quantitative estimate of drug-likeness (QED) is 0.227. The van der Waals surface area contributed by atoms with Crippen LogP contribution in [0.15, 0.2) is 0 Å². The molecule has 0 spiro atoms. The molecule has 0 saturated carbocycles. The molecule has 6 nitrogen and oxygen atoms in total. The first-order chi connectivity index (χ1) is 3.55. The Morgan fingerprint density at radius 3 is 2.12 bits per heavy atom. The molecule has 0 aliphatic carbocycles. The fraction of sp³-hybridized carbons (Fsp3) is 0. The van der Waals surface area contributed by atoms with Crippen LogP contribution in [0, 0.1) is 0 Å². The van der Waals surface area contributed by atoms with Crippen molar-refractivity contribution < 1.29 is 28.5 Å². The van der Waals surface area contributed by atoms with E-state index in [1.807, 2.05) is 0 Å². The molecule has 8 heavy (non-hydrogen) atoms. The minimum atomic E-state index is -4.72. The fourth-order valence-electron chi connectivity index (χ4n) is 0.152. The van der Waals surface area contributed by atoms with Gasteiger partial charge in [0.25, 0.3) is 0 Å². The van der Waals surface area contributed by atoms with Crippen LogP contribution in [0.3, 0.4) is 0 Å². The summed E-state index contributed by atoms with van der Waals surface area (Å²) in [5.41, 5.74) is 0. The molecule has 7 heteroatoms. The molecule has 1 aliphatic heterocycles. The zero-order valence-corrected chi connectivity index (χ0v) is 4.45. The molecule has 1 saturated heterocycles. The van der Waals surface area contributed by atoms with E-state index >= 15 is 0 Å². The van der Waals surface area contributed by atoms with Crippen LogP contribution >= 0.6 is 7.74 Å². The van der Waals surface area contributed by atoms with Crippen LogP contribution in [-0.2, 0) is 18.7 Å². The predicted molar refractivity (Wildman–Crippen MR) is 20.7 cm³/mol. The summed E-state index contributed by atoms with van der Waals surface area (Å²) in [7, 11) is -4.72. The van der Waals surface area contributed by atoms with E-state index in [1.165, 1.54) is 0 Å². The normalized spacial score (nSPS) is 34.0. The van der Waals surface area contributed by atoms with Crippen LogP contribution in [0.1, 0.15) is 0 Å². The average Bonchev–Trinajstić information content (AvgIpc) is 2.18. The molecular weight excluding hydrogens is 139 g/mol. The van der Waals surface area contributed by atoms with Gasteiger partial charge in [-0.2, -0.15) is 0 Å². The zero-order valence-electron chi connectivity index (χ0n) is 3.55. The number of hydrogen-bond acceptors (Lipinski definition) is 6. The van der Waals surface area contributed by atoms with Crippen molar-refractivity contribution in [2.75, 3.05) is 0 Å². The van der Waals surface area contributed by atoms with Gasteiger partial charge >= 0.3 is 42.7 Å². The van der Waals surface area contributed by atoms with E-state index in [0.717, 1.165) is 0 Å². The second-order valence-corrected chi connectivity index (χ2v) is 3.27. The van der Waals surface area contributed by atoms with E-state index in [1.54, 1.807) is 0 Å². The van der Waals surface area contributed by atoms with Gasteiger partial charge in [0.15, 0.2) is 0 Å². The number of carbonyl (C=O) groups excluding carboxylic acids is 1. The van der Waals surface area contributed by atoms with Gasteiger partial charge in [-0.05, 0) is 0 Å². The van der Waals surface area contributed by atoms with Gasteiger partial charge in [-0.25, -0.2) is 0 Å². The molecule has 0 atom stereocenters. The Labute approximate surface area is 43.9 Å². The average molecular weight is 142 g/mol. The Bertz CT molecular complexity index is 120. The SMILES string of the molecule is O=COP1(O)(O)OO1. The van der Waals surface area contributed by atoms with Crippen molar-refractivity contribution in [1.29, 1.82) is 0 Å². The van der Waals surface area contributed by atoms with Crippen molar-refractivity contribution in [2.24, 2.45) is 0 Å². The van der Waals surface area contributed by atoms with Gasteiger partial charge in [0.1, 0.15) is 0 Å². The van der Waals surface area contributed by atoms with Gasteiger partial charge in [0, 0.05) is 0 Å². The molecule has 0 unspecified atom stereocenters. The summed E-state index contributed by atoms with van der Waals surface area (Å²) in [4.78, 5) is 26.2. The molecule has 0 amide bonds. The predicted octanol–water partition coefficient (Wildman–Crippen LogP) is -0.766. The Hall–Kier alpha value is -0.260. The molecule has 0 bridgehead atoms. The molecule has 0 radical (unpaired) electrons. The Balaban J connectivity index is 2.54. The summed E-state index contributed by atoms with van der Waals surface area (Å²) in [5.74, 6) is 0. The molecule has 2 N–H and O–H groups in total. The number of rotatable bonds is 2. The van der Waals surface area contributed by atoms with E-state index in [9.17, 15) is 4.79 Å².